The minimum Gasteiger partial charge on any atom is -0.494 e. The summed E-state index contributed by atoms with van der Waals surface area (Å²) >= 11 is 5.88. The molecular formula is C18H21ClN2O4S. The van der Waals surface area contributed by atoms with Crippen LogP contribution in [0.5, 0.6) is 5.75 Å². The van der Waals surface area contributed by atoms with Gasteiger partial charge in [-0.2, -0.15) is 0 Å². The zero-order valence-corrected chi connectivity index (χ0v) is 16.2. The van der Waals surface area contributed by atoms with Crippen molar-refractivity contribution in [3.05, 3.63) is 53.6 Å². The zero-order valence-electron chi connectivity index (χ0n) is 14.6. The molecule has 0 aliphatic heterocycles. The van der Waals surface area contributed by atoms with Crippen molar-refractivity contribution in [3.63, 3.8) is 0 Å². The average molecular weight is 397 g/mol. The number of anilines is 2. The molecule has 0 spiro atoms. The standard InChI is InChI=1S/C18H21ClN2O4S/c1-3-25-17-9-7-16(8-10-17)21(26(2,23)24)12-11-18(22)20-15-6-4-5-14(19)13-15/h4-10,13H,3,11-12H2,1-2H3,(H,20,22). The predicted molar refractivity (Wildman–Crippen MR) is 104 cm³/mol. The number of nitrogens with one attached hydrogen (secondary N) is 1. The van der Waals surface area contributed by atoms with E-state index in [-0.39, 0.29) is 18.9 Å². The molecule has 2 aromatic rings. The summed E-state index contributed by atoms with van der Waals surface area (Å²) in [5, 5.41) is 3.21. The molecule has 0 aliphatic carbocycles. The largest absolute Gasteiger partial charge is 0.494 e. The summed E-state index contributed by atoms with van der Waals surface area (Å²) in [6.45, 7) is 2.42. The number of hydrogen-bond acceptors (Lipinski definition) is 4. The lowest BCUT2D eigenvalue weighted by molar-refractivity contribution is -0.116. The molecule has 0 saturated heterocycles. The number of carbonyl (C=O) groups excluding carboxylic acids is 1. The number of ether oxygens (including phenoxy) is 1. The van der Waals surface area contributed by atoms with E-state index in [0.717, 1.165) is 6.26 Å². The fourth-order valence-electron chi connectivity index (χ4n) is 2.35. The maximum Gasteiger partial charge on any atom is 0.232 e. The summed E-state index contributed by atoms with van der Waals surface area (Å²) in [6, 6.07) is 13.5. The van der Waals surface area contributed by atoms with Gasteiger partial charge in [0.25, 0.3) is 0 Å². The highest BCUT2D eigenvalue weighted by molar-refractivity contribution is 7.92. The number of benzene rings is 2. The molecule has 0 aromatic heterocycles. The third-order valence-corrected chi connectivity index (χ3v) is 4.92. The molecular weight excluding hydrogens is 376 g/mol. The number of hydrogen-bond donors (Lipinski definition) is 1. The van der Waals surface area contributed by atoms with Gasteiger partial charge >= 0.3 is 0 Å². The normalized spacial score (nSPS) is 11.0. The van der Waals surface area contributed by atoms with Crippen molar-refractivity contribution in [2.45, 2.75) is 13.3 Å². The van der Waals surface area contributed by atoms with Crippen molar-refractivity contribution in [2.75, 3.05) is 29.0 Å². The summed E-state index contributed by atoms with van der Waals surface area (Å²) in [4.78, 5) is 12.1. The molecule has 26 heavy (non-hydrogen) atoms. The first-order valence-electron chi connectivity index (χ1n) is 8.05. The van der Waals surface area contributed by atoms with E-state index < -0.39 is 10.0 Å². The Morgan fingerprint density at radius 2 is 1.88 bits per heavy atom. The molecule has 1 amide bonds. The third kappa shape index (κ3) is 5.93. The summed E-state index contributed by atoms with van der Waals surface area (Å²) in [5.74, 6) is 0.357. The molecule has 0 bridgehead atoms. The number of rotatable bonds is 8. The fourth-order valence-corrected chi connectivity index (χ4v) is 3.47. The van der Waals surface area contributed by atoms with Crippen LogP contribution in [0.25, 0.3) is 0 Å². The Morgan fingerprint density at radius 1 is 1.19 bits per heavy atom. The van der Waals surface area contributed by atoms with Gasteiger partial charge in [-0.05, 0) is 49.4 Å². The molecule has 0 fully saturated rings. The van der Waals surface area contributed by atoms with E-state index in [1.165, 1.54) is 4.31 Å². The lowest BCUT2D eigenvalue weighted by atomic mass is 10.2. The molecule has 2 rings (SSSR count). The molecule has 0 radical (unpaired) electrons. The van der Waals surface area contributed by atoms with Crippen LogP contribution in [-0.4, -0.2) is 33.7 Å². The summed E-state index contributed by atoms with van der Waals surface area (Å²) < 4.78 is 30.8. The second-order valence-corrected chi connectivity index (χ2v) is 7.91. The minimum absolute atomic E-state index is 0.00674. The average Bonchev–Trinajstić information content (AvgIpc) is 2.55. The lowest BCUT2D eigenvalue weighted by Gasteiger charge is -2.22. The van der Waals surface area contributed by atoms with Crippen LogP contribution in [0.4, 0.5) is 11.4 Å². The van der Waals surface area contributed by atoms with Gasteiger partial charge in [0.05, 0.1) is 18.6 Å². The minimum atomic E-state index is -3.53. The molecule has 1 N–H and O–H groups in total. The predicted octanol–water partition coefficient (Wildman–Crippen LogP) is 3.53. The molecule has 140 valence electrons. The van der Waals surface area contributed by atoms with Crippen molar-refractivity contribution in [1.29, 1.82) is 0 Å². The SMILES string of the molecule is CCOc1ccc(N(CCC(=O)Nc2cccc(Cl)c2)S(C)(=O)=O)cc1. The highest BCUT2D eigenvalue weighted by Gasteiger charge is 2.18. The van der Waals surface area contributed by atoms with E-state index in [2.05, 4.69) is 5.32 Å². The second kappa shape index (κ2) is 8.91. The van der Waals surface area contributed by atoms with Crippen molar-refractivity contribution < 1.29 is 17.9 Å². The van der Waals surface area contributed by atoms with Crippen LogP contribution in [0.15, 0.2) is 48.5 Å². The van der Waals surface area contributed by atoms with Crippen LogP contribution in [-0.2, 0) is 14.8 Å². The maximum atomic E-state index is 12.1. The van der Waals surface area contributed by atoms with Gasteiger partial charge in [-0.25, -0.2) is 8.42 Å². The van der Waals surface area contributed by atoms with Crippen molar-refractivity contribution >= 4 is 38.9 Å². The van der Waals surface area contributed by atoms with Crippen LogP contribution in [0.3, 0.4) is 0 Å². The quantitative estimate of drug-likeness (QED) is 0.740. The Labute approximate surface area is 158 Å². The Bertz CT molecular complexity index is 854. The number of sulfonamides is 1. The van der Waals surface area contributed by atoms with Gasteiger partial charge in [0, 0.05) is 23.7 Å². The van der Waals surface area contributed by atoms with Gasteiger partial charge in [0.1, 0.15) is 5.75 Å². The number of carbonyl (C=O) groups is 1. The van der Waals surface area contributed by atoms with Crippen LogP contribution in [0.2, 0.25) is 5.02 Å². The highest BCUT2D eigenvalue weighted by atomic mass is 35.5. The first kappa shape index (κ1) is 20.1. The van der Waals surface area contributed by atoms with Crippen molar-refractivity contribution in [3.8, 4) is 5.75 Å². The highest BCUT2D eigenvalue weighted by Crippen LogP contribution is 2.22. The van der Waals surface area contributed by atoms with Gasteiger partial charge in [-0.1, -0.05) is 17.7 Å². The molecule has 0 aliphatic rings. The molecule has 6 nitrogen and oxygen atoms in total. The van der Waals surface area contributed by atoms with E-state index >= 15 is 0 Å². The van der Waals surface area contributed by atoms with E-state index in [1.54, 1.807) is 48.5 Å². The summed E-state index contributed by atoms with van der Waals surface area (Å²) in [5.41, 5.74) is 1.04. The second-order valence-electron chi connectivity index (χ2n) is 5.57. The Morgan fingerprint density at radius 3 is 2.46 bits per heavy atom. The Kier molecular flexibility index (Phi) is 6.88. The van der Waals surface area contributed by atoms with Gasteiger partial charge in [-0.15, -0.1) is 0 Å². The van der Waals surface area contributed by atoms with E-state index in [4.69, 9.17) is 16.3 Å². The molecule has 0 unspecified atom stereocenters. The van der Waals surface area contributed by atoms with Gasteiger partial charge in [-0.3, -0.25) is 9.10 Å². The molecule has 0 heterocycles. The molecule has 8 heteroatoms. The van der Waals surface area contributed by atoms with Crippen molar-refractivity contribution in [2.24, 2.45) is 0 Å². The Balaban J connectivity index is 2.05. The topological polar surface area (TPSA) is 75.7 Å². The van der Waals surface area contributed by atoms with E-state index in [1.807, 2.05) is 6.92 Å². The molecule has 0 atom stereocenters. The van der Waals surface area contributed by atoms with Gasteiger partial charge in [0.2, 0.25) is 15.9 Å². The van der Waals surface area contributed by atoms with Crippen LogP contribution >= 0.6 is 11.6 Å². The molecule has 2 aromatic carbocycles. The number of halogens is 1. The molecule has 0 saturated carbocycles. The summed E-state index contributed by atoms with van der Waals surface area (Å²) in [7, 11) is -3.53. The van der Waals surface area contributed by atoms with E-state index in [9.17, 15) is 13.2 Å². The third-order valence-electron chi connectivity index (χ3n) is 3.49. The maximum absolute atomic E-state index is 12.1. The first-order chi connectivity index (χ1) is 12.3. The van der Waals surface area contributed by atoms with Crippen LogP contribution < -0.4 is 14.4 Å². The number of amides is 1. The monoisotopic (exact) mass is 396 g/mol. The zero-order chi connectivity index (χ0) is 19.2. The van der Waals surface area contributed by atoms with Gasteiger partial charge < -0.3 is 10.1 Å². The number of nitrogens with zero attached hydrogens (tertiary/aromatic N) is 1. The smallest absolute Gasteiger partial charge is 0.232 e. The van der Waals surface area contributed by atoms with Crippen LogP contribution in [0, 0.1) is 0 Å². The lowest BCUT2D eigenvalue weighted by Crippen LogP contribution is -2.33. The first-order valence-corrected chi connectivity index (χ1v) is 10.3. The van der Waals surface area contributed by atoms with Crippen LogP contribution in [0.1, 0.15) is 13.3 Å². The van der Waals surface area contributed by atoms with Gasteiger partial charge in [0.15, 0.2) is 0 Å². The fraction of sp³-hybridized carbons (Fsp3) is 0.278. The van der Waals surface area contributed by atoms with E-state index in [0.29, 0.717) is 28.8 Å². The summed E-state index contributed by atoms with van der Waals surface area (Å²) in [6.07, 6.45) is 1.12. The van der Waals surface area contributed by atoms with Crippen molar-refractivity contribution in [1.82, 2.24) is 0 Å². The Hall–Kier alpha value is -2.25.